The summed E-state index contributed by atoms with van der Waals surface area (Å²) in [6.07, 6.45) is 0. The van der Waals surface area contributed by atoms with Crippen LogP contribution in [0.2, 0.25) is 0 Å². The predicted octanol–water partition coefficient (Wildman–Crippen LogP) is 3.92. The Morgan fingerprint density at radius 2 is 1.77 bits per heavy atom. The number of nitrogens with zero attached hydrogens (tertiary/aromatic N) is 2. The highest BCUT2D eigenvalue weighted by Gasteiger charge is 2.13. The summed E-state index contributed by atoms with van der Waals surface area (Å²) in [7, 11) is 0. The van der Waals surface area contributed by atoms with E-state index in [9.17, 15) is 19.7 Å². The smallest absolute Gasteiger partial charge is 0.270 e. The van der Waals surface area contributed by atoms with Crippen molar-refractivity contribution < 1.29 is 9.72 Å². The number of carbonyl (C=O) groups excluding carboxylic acids is 1. The number of aromatic nitrogens is 1. The summed E-state index contributed by atoms with van der Waals surface area (Å²) in [4.78, 5) is 35.3. The van der Waals surface area contributed by atoms with Gasteiger partial charge in [0.2, 0.25) is 0 Å². The quantitative estimate of drug-likeness (QED) is 0.397. The van der Waals surface area contributed by atoms with Gasteiger partial charge in [0.15, 0.2) is 5.78 Å². The van der Waals surface area contributed by atoms with Crippen molar-refractivity contribution in [2.24, 2.45) is 0 Å². The highest BCUT2D eigenvalue weighted by Crippen LogP contribution is 2.20. The molecule has 132 valence electrons. The third-order valence-corrected chi connectivity index (χ3v) is 4.39. The van der Waals surface area contributed by atoms with Gasteiger partial charge in [0.1, 0.15) is 0 Å². The van der Waals surface area contributed by atoms with E-state index in [-0.39, 0.29) is 23.6 Å². The van der Waals surface area contributed by atoms with Gasteiger partial charge in [-0.25, -0.2) is 0 Å². The van der Waals surface area contributed by atoms with Crippen molar-refractivity contribution in [3.05, 3.63) is 86.2 Å². The molecule has 0 saturated carbocycles. The Morgan fingerprint density at radius 1 is 1.08 bits per heavy atom. The Balaban J connectivity index is 1.97. The van der Waals surface area contributed by atoms with E-state index in [0.717, 1.165) is 5.56 Å². The van der Waals surface area contributed by atoms with Crippen LogP contribution in [-0.4, -0.2) is 15.3 Å². The van der Waals surface area contributed by atoms with Gasteiger partial charge >= 0.3 is 0 Å². The van der Waals surface area contributed by atoms with Crippen LogP contribution >= 0.6 is 0 Å². The molecule has 0 saturated heterocycles. The van der Waals surface area contributed by atoms with Gasteiger partial charge in [-0.2, -0.15) is 0 Å². The molecule has 3 aromatic rings. The summed E-state index contributed by atoms with van der Waals surface area (Å²) in [6.45, 7) is 4.03. The number of carbonyl (C=O) groups is 1. The van der Waals surface area contributed by atoms with Crippen LogP contribution in [0.1, 0.15) is 35.7 Å². The minimum absolute atomic E-state index is 0.0571. The fourth-order valence-corrected chi connectivity index (χ4v) is 2.86. The van der Waals surface area contributed by atoms with Crippen LogP contribution in [0.15, 0.2) is 59.4 Å². The Morgan fingerprint density at radius 3 is 2.38 bits per heavy atom. The van der Waals surface area contributed by atoms with E-state index in [4.69, 9.17) is 0 Å². The summed E-state index contributed by atoms with van der Waals surface area (Å²) in [5.41, 5.74) is 1.78. The summed E-state index contributed by atoms with van der Waals surface area (Å²) >= 11 is 0. The van der Waals surface area contributed by atoms with Crippen molar-refractivity contribution in [1.29, 1.82) is 0 Å². The lowest BCUT2D eigenvalue weighted by Crippen LogP contribution is -2.23. The number of nitro benzene ring substituents is 1. The number of rotatable bonds is 5. The third-order valence-electron chi connectivity index (χ3n) is 4.39. The molecule has 26 heavy (non-hydrogen) atoms. The standard InChI is InChI=1S/C20H18N2O4/c1-13(2)14-3-5-15(6-4-14)19(23)12-21-18-9-8-17(22(25)26)11-16(18)7-10-20(21)24/h3-11,13H,12H2,1-2H3. The summed E-state index contributed by atoms with van der Waals surface area (Å²) in [6, 6.07) is 14.4. The Hall–Kier alpha value is -3.28. The number of nitro groups is 1. The zero-order valence-electron chi connectivity index (χ0n) is 14.5. The van der Waals surface area contributed by atoms with Gasteiger partial charge in [0, 0.05) is 29.1 Å². The van der Waals surface area contributed by atoms with Crippen LogP contribution < -0.4 is 5.56 Å². The number of ketones is 1. The molecule has 0 aliphatic rings. The SMILES string of the molecule is CC(C)c1ccc(C(=O)Cn2c(=O)ccc3cc([N+](=O)[O-])ccc32)cc1. The second kappa shape index (κ2) is 6.92. The molecular weight excluding hydrogens is 332 g/mol. The lowest BCUT2D eigenvalue weighted by molar-refractivity contribution is -0.384. The average molecular weight is 350 g/mol. The van der Waals surface area contributed by atoms with Crippen molar-refractivity contribution in [2.45, 2.75) is 26.3 Å². The molecule has 0 atom stereocenters. The first-order valence-corrected chi connectivity index (χ1v) is 8.28. The molecule has 0 aliphatic heterocycles. The lowest BCUT2D eigenvalue weighted by atomic mass is 10.0. The first-order chi connectivity index (χ1) is 12.4. The van der Waals surface area contributed by atoms with E-state index in [0.29, 0.717) is 22.4 Å². The fourth-order valence-electron chi connectivity index (χ4n) is 2.86. The maximum atomic E-state index is 12.6. The van der Waals surface area contributed by atoms with Crippen molar-refractivity contribution >= 4 is 22.4 Å². The molecule has 0 N–H and O–H groups in total. The van der Waals surface area contributed by atoms with Gasteiger partial charge in [-0.3, -0.25) is 19.7 Å². The van der Waals surface area contributed by atoms with Gasteiger partial charge in [-0.15, -0.1) is 0 Å². The van der Waals surface area contributed by atoms with Crippen molar-refractivity contribution in [2.75, 3.05) is 0 Å². The molecule has 6 nitrogen and oxygen atoms in total. The normalized spacial score (nSPS) is 11.0. The fraction of sp³-hybridized carbons (Fsp3) is 0.200. The minimum atomic E-state index is -0.490. The summed E-state index contributed by atoms with van der Waals surface area (Å²) in [5, 5.41) is 11.5. The first kappa shape index (κ1) is 17.5. The van der Waals surface area contributed by atoms with Crippen LogP contribution in [0.25, 0.3) is 10.9 Å². The lowest BCUT2D eigenvalue weighted by Gasteiger charge is -2.10. The van der Waals surface area contributed by atoms with Gasteiger partial charge in [0.05, 0.1) is 17.0 Å². The number of pyridine rings is 1. The number of benzene rings is 2. The summed E-state index contributed by atoms with van der Waals surface area (Å²) in [5.74, 6) is 0.184. The van der Waals surface area contributed by atoms with Crippen LogP contribution in [0.4, 0.5) is 5.69 Å². The molecular formula is C20H18N2O4. The Labute approximate surface area is 149 Å². The molecule has 3 rings (SSSR count). The van der Waals surface area contributed by atoms with E-state index < -0.39 is 4.92 Å². The second-order valence-electron chi connectivity index (χ2n) is 6.46. The number of Topliss-reactive ketones (excluding diaryl/α,β-unsaturated/α-hetero) is 1. The predicted molar refractivity (Wildman–Crippen MR) is 99.7 cm³/mol. The van der Waals surface area contributed by atoms with E-state index in [1.165, 1.54) is 34.9 Å². The zero-order valence-corrected chi connectivity index (χ0v) is 14.5. The molecule has 0 fully saturated rings. The van der Waals surface area contributed by atoms with E-state index in [2.05, 4.69) is 13.8 Å². The van der Waals surface area contributed by atoms with Gasteiger partial charge in [-0.05, 0) is 23.6 Å². The Bertz CT molecular complexity index is 1050. The van der Waals surface area contributed by atoms with Gasteiger partial charge in [-0.1, -0.05) is 38.1 Å². The molecule has 1 heterocycles. The molecule has 6 heteroatoms. The largest absolute Gasteiger partial charge is 0.300 e. The molecule has 0 radical (unpaired) electrons. The molecule has 0 spiro atoms. The zero-order chi connectivity index (χ0) is 18.8. The van der Waals surface area contributed by atoms with Crippen LogP contribution in [0, 0.1) is 10.1 Å². The molecule has 1 aromatic heterocycles. The van der Waals surface area contributed by atoms with E-state index in [1.807, 2.05) is 12.1 Å². The van der Waals surface area contributed by atoms with E-state index >= 15 is 0 Å². The second-order valence-corrected chi connectivity index (χ2v) is 6.46. The van der Waals surface area contributed by atoms with Crippen molar-refractivity contribution in [3.8, 4) is 0 Å². The van der Waals surface area contributed by atoms with Gasteiger partial charge < -0.3 is 4.57 Å². The minimum Gasteiger partial charge on any atom is -0.300 e. The Kier molecular flexibility index (Phi) is 4.67. The summed E-state index contributed by atoms with van der Waals surface area (Å²) < 4.78 is 1.34. The van der Waals surface area contributed by atoms with Crippen LogP contribution in [0.3, 0.4) is 0 Å². The molecule has 0 aliphatic carbocycles. The average Bonchev–Trinajstić information content (AvgIpc) is 2.63. The molecule has 0 unspecified atom stereocenters. The topological polar surface area (TPSA) is 82.2 Å². The van der Waals surface area contributed by atoms with Crippen molar-refractivity contribution in [3.63, 3.8) is 0 Å². The first-order valence-electron chi connectivity index (χ1n) is 8.28. The van der Waals surface area contributed by atoms with Gasteiger partial charge in [0.25, 0.3) is 11.2 Å². The molecule has 0 amide bonds. The number of hydrogen-bond acceptors (Lipinski definition) is 4. The van der Waals surface area contributed by atoms with Crippen LogP contribution in [-0.2, 0) is 6.54 Å². The van der Waals surface area contributed by atoms with E-state index in [1.54, 1.807) is 12.1 Å². The highest BCUT2D eigenvalue weighted by atomic mass is 16.6. The maximum Gasteiger partial charge on any atom is 0.270 e. The number of fused-ring (bicyclic) bond motifs is 1. The third kappa shape index (κ3) is 3.39. The number of non-ortho nitro benzene ring substituents is 1. The number of hydrogen-bond donors (Lipinski definition) is 0. The van der Waals surface area contributed by atoms with Crippen LogP contribution in [0.5, 0.6) is 0 Å². The van der Waals surface area contributed by atoms with Crippen molar-refractivity contribution in [1.82, 2.24) is 4.57 Å². The highest BCUT2D eigenvalue weighted by molar-refractivity contribution is 5.96. The maximum absolute atomic E-state index is 12.6. The monoisotopic (exact) mass is 350 g/mol. The molecule has 0 bridgehead atoms. The molecule has 2 aromatic carbocycles.